The van der Waals surface area contributed by atoms with Gasteiger partial charge in [0.25, 0.3) is 0 Å². The lowest BCUT2D eigenvalue weighted by Crippen LogP contribution is -2.43. The van der Waals surface area contributed by atoms with Crippen LogP contribution < -0.4 is 5.32 Å². The monoisotopic (exact) mass is 878 g/mol. The van der Waals surface area contributed by atoms with E-state index in [2.05, 4.69) is 92.1 Å². The van der Waals surface area contributed by atoms with Crippen molar-refractivity contribution >= 4 is 25.7 Å². The van der Waals surface area contributed by atoms with E-state index in [1.54, 1.807) is 0 Å². The van der Waals surface area contributed by atoms with Crippen LogP contribution in [0.1, 0.15) is 187 Å². The fourth-order valence-corrected chi connectivity index (χ4v) is 6.79. The molecular weight excluding hydrogens is 794 g/mol. The van der Waals surface area contributed by atoms with Crippen LogP contribution in [0.2, 0.25) is 0 Å². The SMILES string of the molecule is CCCC/C=C\C/C=C\CCCCCCCC(=O)NC(COP(=O)(O)OCC(O)COC(=O)CCCCCCCCC/C=C\C/C=C\C/C=C\C/C=C\CCCCC)C(=O)O. The van der Waals surface area contributed by atoms with Gasteiger partial charge in [-0.05, 0) is 83.5 Å². The van der Waals surface area contributed by atoms with Gasteiger partial charge in [0.15, 0.2) is 6.04 Å². The predicted molar refractivity (Wildman–Crippen MR) is 249 cm³/mol. The highest BCUT2D eigenvalue weighted by Gasteiger charge is 2.28. The third-order valence-electron chi connectivity index (χ3n) is 9.72. The smallest absolute Gasteiger partial charge is 0.472 e. The minimum absolute atomic E-state index is 0.126. The van der Waals surface area contributed by atoms with E-state index in [1.165, 1.54) is 51.4 Å². The van der Waals surface area contributed by atoms with Crippen molar-refractivity contribution in [3.8, 4) is 0 Å². The maximum Gasteiger partial charge on any atom is 0.472 e. The quantitative estimate of drug-likeness (QED) is 0.0200. The van der Waals surface area contributed by atoms with Gasteiger partial charge in [-0.15, -0.1) is 0 Å². The molecule has 0 fully saturated rings. The Labute approximate surface area is 369 Å². The van der Waals surface area contributed by atoms with E-state index in [1.807, 2.05) is 0 Å². The van der Waals surface area contributed by atoms with Crippen LogP contribution in [0.4, 0.5) is 0 Å². The van der Waals surface area contributed by atoms with Crippen molar-refractivity contribution in [2.45, 2.75) is 199 Å². The zero-order valence-corrected chi connectivity index (χ0v) is 38.8. The number of esters is 1. The number of aliphatic hydroxyl groups is 1. The molecule has 0 spiro atoms. The van der Waals surface area contributed by atoms with Gasteiger partial charge in [-0.2, -0.15) is 0 Å². The molecule has 0 aliphatic heterocycles. The molecule has 0 saturated heterocycles. The van der Waals surface area contributed by atoms with E-state index in [4.69, 9.17) is 13.8 Å². The highest BCUT2D eigenvalue weighted by molar-refractivity contribution is 7.47. The molecule has 0 aliphatic rings. The number of carboxylic acids is 1. The van der Waals surface area contributed by atoms with Gasteiger partial charge in [0.2, 0.25) is 5.91 Å². The van der Waals surface area contributed by atoms with Crippen molar-refractivity contribution in [3.63, 3.8) is 0 Å². The van der Waals surface area contributed by atoms with E-state index >= 15 is 0 Å². The van der Waals surface area contributed by atoms with Crippen molar-refractivity contribution in [3.05, 3.63) is 72.9 Å². The Hall–Kier alpha value is -3.08. The Balaban J connectivity index is 3.90. The van der Waals surface area contributed by atoms with Gasteiger partial charge in [0, 0.05) is 12.8 Å². The van der Waals surface area contributed by atoms with E-state index in [9.17, 15) is 34.1 Å². The van der Waals surface area contributed by atoms with Gasteiger partial charge in [-0.1, -0.05) is 164 Å². The first-order valence-corrected chi connectivity index (χ1v) is 25.0. The number of allylic oxidation sites excluding steroid dienone is 12. The van der Waals surface area contributed by atoms with Gasteiger partial charge in [-0.3, -0.25) is 18.6 Å². The minimum Gasteiger partial charge on any atom is -0.480 e. The predicted octanol–water partition coefficient (Wildman–Crippen LogP) is 12.5. The maximum absolute atomic E-state index is 12.3. The Morgan fingerprint density at radius 1 is 0.525 bits per heavy atom. The highest BCUT2D eigenvalue weighted by atomic mass is 31.2. The molecule has 0 saturated carbocycles. The molecule has 0 aromatic carbocycles. The standard InChI is InChI=1S/C49H84NO10P/c1-3-5-7-9-11-13-15-17-19-20-21-22-23-24-25-26-27-29-31-33-35-37-39-41-48(53)58-42-45(51)43-59-61(56,57)60-44-46(49(54)55)50-47(52)40-38-36-34-32-30-28-18-16-14-12-10-8-6-4-2/h10-13,16-19,21-22,24-25,45-46,51H,3-9,14-15,20,23,26-44H2,1-2H3,(H,50,52)(H,54,55)(H,56,57)/b12-10-,13-11-,18-16-,19-17-,22-21-,25-24-. The van der Waals surface area contributed by atoms with Crippen LogP contribution in [0.5, 0.6) is 0 Å². The third kappa shape index (κ3) is 43.4. The molecule has 0 rings (SSSR count). The molecule has 0 heterocycles. The number of rotatable bonds is 43. The molecule has 0 aromatic heterocycles. The average molecular weight is 878 g/mol. The van der Waals surface area contributed by atoms with Crippen LogP contribution in [-0.4, -0.2) is 64.9 Å². The largest absolute Gasteiger partial charge is 0.480 e. The average Bonchev–Trinajstić information content (AvgIpc) is 3.24. The second-order valence-electron chi connectivity index (χ2n) is 15.6. The number of aliphatic hydroxyl groups excluding tert-OH is 1. The number of aliphatic carboxylic acids is 1. The van der Waals surface area contributed by atoms with Gasteiger partial charge in [0.05, 0.1) is 13.2 Å². The number of carboxylic acid groups (broad SMARTS) is 1. The number of hydrogen-bond acceptors (Lipinski definition) is 8. The number of amides is 1. The molecule has 0 aromatic rings. The Morgan fingerprint density at radius 3 is 1.39 bits per heavy atom. The summed E-state index contributed by atoms with van der Waals surface area (Å²) in [6.45, 7) is 2.49. The van der Waals surface area contributed by atoms with Gasteiger partial charge < -0.3 is 25.2 Å². The zero-order chi connectivity index (χ0) is 44.9. The van der Waals surface area contributed by atoms with Gasteiger partial charge >= 0.3 is 19.8 Å². The van der Waals surface area contributed by atoms with E-state index in [0.717, 1.165) is 96.3 Å². The van der Waals surface area contributed by atoms with Crippen LogP contribution in [0.15, 0.2) is 72.9 Å². The number of hydrogen-bond donors (Lipinski definition) is 4. The fraction of sp³-hybridized carbons (Fsp3) is 0.694. The second kappa shape index (κ2) is 43.6. The Morgan fingerprint density at radius 2 is 0.918 bits per heavy atom. The van der Waals surface area contributed by atoms with Crippen molar-refractivity contribution in [2.75, 3.05) is 19.8 Å². The molecule has 11 nitrogen and oxygen atoms in total. The number of ether oxygens (including phenoxy) is 1. The number of carbonyl (C=O) groups excluding carboxylic acids is 2. The number of phosphoric acid groups is 1. The Kier molecular flexibility index (Phi) is 41.4. The molecule has 1 amide bonds. The molecule has 0 aliphatic carbocycles. The molecule has 0 bridgehead atoms. The Bertz CT molecular complexity index is 1310. The summed E-state index contributed by atoms with van der Waals surface area (Å²) in [6.07, 6.45) is 52.1. The van der Waals surface area contributed by atoms with Crippen molar-refractivity contribution in [1.82, 2.24) is 5.32 Å². The van der Waals surface area contributed by atoms with Crippen LogP contribution in [0.25, 0.3) is 0 Å². The van der Waals surface area contributed by atoms with E-state index in [0.29, 0.717) is 12.8 Å². The first kappa shape index (κ1) is 57.9. The van der Waals surface area contributed by atoms with Gasteiger partial charge in [-0.25, -0.2) is 9.36 Å². The molecule has 12 heteroatoms. The van der Waals surface area contributed by atoms with E-state index in [-0.39, 0.29) is 12.8 Å². The summed E-state index contributed by atoms with van der Waals surface area (Å²) in [5.74, 6) is -2.41. The fourth-order valence-electron chi connectivity index (χ4n) is 6.02. The summed E-state index contributed by atoms with van der Waals surface area (Å²) in [5, 5.41) is 21.8. The number of phosphoric ester groups is 1. The minimum atomic E-state index is -4.77. The van der Waals surface area contributed by atoms with Crippen molar-refractivity contribution in [2.24, 2.45) is 0 Å². The van der Waals surface area contributed by atoms with Crippen molar-refractivity contribution < 1.29 is 47.8 Å². The normalized spacial score (nSPS) is 14.3. The summed E-state index contributed by atoms with van der Waals surface area (Å²) in [6, 6.07) is -1.56. The van der Waals surface area contributed by atoms with E-state index < -0.39 is 57.6 Å². The first-order valence-electron chi connectivity index (χ1n) is 23.5. The summed E-state index contributed by atoms with van der Waals surface area (Å²) in [4.78, 5) is 46.0. The maximum atomic E-state index is 12.3. The van der Waals surface area contributed by atoms with Crippen LogP contribution >= 0.6 is 7.82 Å². The van der Waals surface area contributed by atoms with Crippen LogP contribution in [0, 0.1) is 0 Å². The summed E-state index contributed by atoms with van der Waals surface area (Å²) >= 11 is 0. The zero-order valence-electron chi connectivity index (χ0n) is 37.9. The summed E-state index contributed by atoms with van der Waals surface area (Å²) in [5.41, 5.74) is 0. The lowest BCUT2D eigenvalue weighted by atomic mass is 10.1. The lowest BCUT2D eigenvalue weighted by Gasteiger charge is -2.18. The highest BCUT2D eigenvalue weighted by Crippen LogP contribution is 2.43. The molecule has 350 valence electrons. The van der Waals surface area contributed by atoms with Crippen molar-refractivity contribution in [1.29, 1.82) is 0 Å². The molecule has 4 N–H and O–H groups in total. The summed E-state index contributed by atoms with van der Waals surface area (Å²) < 4.78 is 26.9. The molecule has 0 radical (unpaired) electrons. The molecule has 61 heavy (non-hydrogen) atoms. The van der Waals surface area contributed by atoms with Crippen LogP contribution in [0.3, 0.4) is 0 Å². The summed E-state index contributed by atoms with van der Waals surface area (Å²) in [7, 11) is -4.77. The number of nitrogens with one attached hydrogen (secondary N) is 1. The first-order chi connectivity index (χ1) is 29.6. The second-order valence-corrected chi connectivity index (χ2v) is 17.0. The van der Waals surface area contributed by atoms with Crippen LogP contribution in [-0.2, 0) is 32.7 Å². The third-order valence-corrected chi connectivity index (χ3v) is 10.7. The molecule has 3 unspecified atom stereocenters. The number of unbranched alkanes of at least 4 members (excludes halogenated alkanes) is 17. The topological polar surface area (TPSA) is 169 Å². The number of carbonyl (C=O) groups is 3. The molecular formula is C49H84NO10P. The molecule has 3 atom stereocenters. The lowest BCUT2D eigenvalue weighted by molar-refractivity contribution is -0.147. The van der Waals surface area contributed by atoms with Gasteiger partial charge in [0.1, 0.15) is 12.7 Å².